The summed E-state index contributed by atoms with van der Waals surface area (Å²) in [6.07, 6.45) is 2.30. The number of anilines is 1. The summed E-state index contributed by atoms with van der Waals surface area (Å²) >= 11 is 3.52. The van der Waals surface area contributed by atoms with Gasteiger partial charge in [-0.3, -0.25) is 0 Å². The Labute approximate surface area is 110 Å². The van der Waals surface area contributed by atoms with E-state index >= 15 is 0 Å². The Morgan fingerprint density at radius 2 is 1.88 bits per heavy atom. The first kappa shape index (κ1) is 10.8. The van der Waals surface area contributed by atoms with Crippen LogP contribution in [-0.2, 0) is 6.42 Å². The lowest BCUT2D eigenvalue weighted by atomic mass is 9.93. The zero-order valence-electron chi connectivity index (χ0n) is 9.49. The van der Waals surface area contributed by atoms with Gasteiger partial charge in [-0.2, -0.15) is 0 Å². The molecule has 0 bridgehead atoms. The third-order valence-electron chi connectivity index (χ3n) is 3.30. The molecule has 1 aliphatic heterocycles. The largest absolute Gasteiger partial charge is 0.378 e. The van der Waals surface area contributed by atoms with Crippen LogP contribution in [0, 0.1) is 0 Å². The molecular formula is C15H14BrN. The zero-order valence-corrected chi connectivity index (χ0v) is 11.1. The first-order valence-corrected chi connectivity index (χ1v) is 6.72. The standard InChI is InChI=1S/C15H14BrN/c16-13-7-9-15-12(10-13)6-8-14(17-15)11-4-2-1-3-5-11/h1-5,7,9-10,14,17H,6,8H2. The second-order valence-corrected chi connectivity index (χ2v) is 5.36. The van der Waals surface area contributed by atoms with Gasteiger partial charge in [0.2, 0.25) is 0 Å². The van der Waals surface area contributed by atoms with Crippen LogP contribution in [0.3, 0.4) is 0 Å². The number of hydrogen-bond donors (Lipinski definition) is 1. The lowest BCUT2D eigenvalue weighted by Crippen LogP contribution is -2.17. The Morgan fingerprint density at radius 1 is 1.06 bits per heavy atom. The molecule has 0 aromatic heterocycles. The van der Waals surface area contributed by atoms with Gasteiger partial charge in [0.25, 0.3) is 0 Å². The molecule has 1 atom stereocenters. The molecule has 0 saturated carbocycles. The SMILES string of the molecule is Brc1ccc2c(c1)CCC(c1ccccc1)N2. The predicted octanol–water partition coefficient (Wildman–Crippen LogP) is 4.55. The van der Waals surface area contributed by atoms with Crippen molar-refractivity contribution in [2.24, 2.45) is 0 Å². The fourth-order valence-corrected chi connectivity index (χ4v) is 2.81. The summed E-state index contributed by atoms with van der Waals surface area (Å²) in [5.74, 6) is 0. The third kappa shape index (κ3) is 2.22. The van der Waals surface area contributed by atoms with Crippen molar-refractivity contribution in [3.05, 3.63) is 64.1 Å². The van der Waals surface area contributed by atoms with E-state index in [1.807, 2.05) is 0 Å². The third-order valence-corrected chi connectivity index (χ3v) is 3.79. The maximum absolute atomic E-state index is 3.62. The minimum absolute atomic E-state index is 0.449. The molecule has 2 aromatic rings. The van der Waals surface area contributed by atoms with E-state index in [2.05, 4.69) is 69.8 Å². The fourth-order valence-electron chi connectivity index (χ4n) is 2.41. The van der Waals surface area contributed by atoms with Crippen LogP contribution in [0.1, 0.15) is 23.6 Å². The van der Waals surface area contributed by atoms with E-state index in [0.717, 1.165) is 17.3 Å². The van der Waals surface area contributed by atoms with Gasteiger partial charge in [0.15, 0.2) is 0 Å². The van der Waals surface area contributed by atoms with E-state index in [-0.39, 0.29) is 0 Å². The van der Waals surface area contributed by atoms with Crippen molar-refractivity contribution in [2.75, 3.05) is 5.32 Å². The number of halogens is 1. The predicted molar refractivity (Wildman–Crippen MR) is 75.3 cm³/mol. The van der Waals surface area contributed by atoms with Gasteiger partial charge in [-0.05, 0) is 42.2 Å². The van der Waals surface area contributed by atoms with E-state index in [0.29, 0.717) is 6.04 Å². The monoisotopic (exact) mass is 287 g/mol. The number of nitrogens with one attached hydrogen (secondary N) is 1. The Hall–Kier alpha value is -1.28. The highest BCUT2D eigenvalue weighted by atomic mass is 79.9. The number of benzene rings is 2. The molecule has 0 radical (unpaired) electrons. The summed E-state index contributed by atoms with van der Waals surface area (Å²) < 4.78 is 1.16. The average Bonchev–Trinajstić information content (AvgIpc) is 2.39. The number of aryl methyl sites for hydroxylation is 1. The van der Waals surface area contributed by atoms with Crippen LogP contribution < -0.4 is 5.32 Å². The van der Waals surface area contributed by atoms with Gasteiger partial charge >= 0.3 is 0 Å². The summed E-state index contributed by atoms with van der Waals surface area (Å²) in [4.78, 5) is 0. The maximum atomic E-state index is 3.62. The average molecular weight is 288 g/mol. The molecule has 0 spiro atoms. The second-order valence-electron chi connectivity index (χ2n) is 4.45. The van der Waals surface area contributed by atoms with Crippen LogP contribution in [0.5, 0.6) is 0 Å². The van der Waals surface area contributed by atoms with Crippen molar-refractivity contribution in [3.63, 3.8) is 0 Å². The molecule has 0 fully saturated rings. The highest BCUT2D eigenvalue weighted by Crippen LogP contribution is 2.33. The quantitative estimate of drug-likeness (QED) is 0.811. The van der Waals surface area contributed by atoms with E-state index in [1.165, 1.54) is 16.8 Å². The van der Waals surface area contributed by atoms with Crippen LogP contribution >= 0.6 is 15.9 Å². The van der Waals surface area contributed by atoms with Crippen molar-refractivity contribution < 1.29 is 0 Å². The van der Waals surface area contributed by atoms with Gasteiger partial charge < -0.3 is 5.32 Å². The van der Waals surface area contributed by atoms with Crippen molar-refractivity contribution >= 4 is 21.6 Å². The van der Waals surface area contributed by atoms with E-state index in [1.54, 1.807) is 0 Å². The van der Waals surface area contributed by atoms with Crippen LogP contribution in [0.2, 0.25) is 0 Å². The smallest absolute Gasteiger partial charge is 0.0517 e. The van der Waals surface area contributed by atoms with Gasteiger partial charge in [-0.1, -0.05) is 46.3 Å². The lowest BCUT2D eigenvalue weighted by molar-refractivity contribution is 0.667. The van der Waals surface area contributed by atoms with Crippen molar-refractivity contribution in [3.8, 4) is 0 Å². The topological polar surface area (TPSA) is 12.0 Å². The molecule has 1 nitrogen and oxygen atoms in total. The summed E-state index contributed by atoms with van der Waals surface area (Å²) in [6, 6.07) is 17.6. The normalized spacial score (nSPS) is 18.3. The Morgan fingerprint density at radius 3 is 2.71 bits per heavy atom. The molecule has 1 aliphatic rings. The molecule has 2 heteroatoms. The minimum atomic E-state index is 0.449. The fraction of sp³-hybridized carbons (Fsp3) is 0.200. The number of rotatable bonds is 1. The Bertz CT molecular complexity index is 522. The first-order chi connectivity index (χ1) is 8.33. The molecule has 3 rings (SSSR count). The molecule has 2 aromatic carbocycles. The molecule has 0 aliphatic carbocycles. The summed E-state index contributed by atoms with van der Waals surface area (Å²) in [7, 11) is 0. The highest BCUT2D eigenvalue weighted by Gasteiger charge is 2.18. The second kappa shape index (κ2) is 4.53. The van der Waals surface area contributed by atoms with Crippen molar-refractivity contribution in [1.29, 1.82) is 0 Å². The lowest BCUT2D eigenvalue weighted by Gasteiger charge is -2.27. The molecule has 86 valence electrons. The van der Waals surface area contributed by atoms with E-state index in [4.69, 9.17) is 0 Å². The van der Waals surface area contributed by atoms with E-state index < -0.39 is 0 Å². The number of fused-ring (bicyclic) bond motifs is 1. The Kier molecular flexibility index (Phi) is 2.89. The Balaban J connectivity index is 1.88. The van der Waals surface area contributed by atoms with Crippen LogP contribution in [-0.4, -0.2) is 0 Å². The highest BCUT2D eigenvalue weighted by molar-refractivity contribution is 9.10. The molecule has 1 N–H and O–H groups in total. The number of hydrogen-bond acceptors (Lipinski definition) is 1. The minimum Gasteiger partial charge on any atom is -0.378 e. The molecule has 0 amide bonds. The molecule has 1 unspecified atom stereocenters. The molecule has 17 heavy (non-hydrogen) atoms. The van der Waals surface area contributed by atoms with Gasteiger partial charge in [-0.25, -0.2) is 0 Å². The van der Waals surface area contributed by atoms with Gasteiger partial charge in [0, 0.05) is 10.2 Å². The maximum Gasteiger partial charge on any atom is 0.0517 e. The van der Waals surface area contributed by atoms with E-state index in [9.17, 15) is 0 Å². The van der Waals surface area contributed by atoms with Gasteiger partial charge in [0.1, 0.15) is 0 Å². The molecule has 0 saturated heterocycles. The van der Waals surface area contributed by atoms with Gasteiger partial charge in [-0.15, -0.1) is 0 Å². The molecule has 1 heterocycles. The zero-order chi connectivity index (χ0) is 11.7. The van der Waals surface area contributed by atoms with Crippen molar-refractivity contribution in [1.82, 2.24) is 0 Å². The molecular weight excluding hydrogens is 274 g/mol. The van der Waals surface area contributed by atoms with Crippen molar-refractivity contribution in [2.45, 2.75) is 18.9 Å². The van der Waals surface area contributed by atoms with Crippen LogP contribution in [0.4, 0.5) is 5.69 Å². The van der Waals surface area contributed by atoms with Gasteiger partial charge in [0.05, 0.1) is 6.04 Å². The summed E-state index contributed by atoms with van der Waals surface area (Å²) in [6.45, 7) is 0. The van der Waals surface area contributed by atoms with Crippen LogP contribution in [0.15, 0.2) is 53.0 Å². The van der Waals surface area contributed by atoms with Crippen LogP contribution in [0.25, 0.3) is 0 Å². The summed E-state index contributed by atoms with van der Waals surface area (Å²) in [5, 5.41) is 3.62. The summed E-state index contributed by atoms with van der Waals surface area (Å²) in [5.41, 5.74) is 4.06. The first-order valence-electron chi connectivity index (χ1n) is 5.93.